The van der Waals surface area contributed by atoms with E-state index in [1.807, 2.05) is 30.0 Å². The van der Waals surface area contributed by atoms with E-state index in [1.54, 1.807) is 19.6 Å². The number of carbonyl (C=O) groups excluding carboxylic acids is 2. The zero-order chi connectivity index (χ0) is 33.0. The molecule has 11 heteroatoms. The Balaban J connectivity index is 1.03. The molecule has 4 fully saturated rings. The third-order valence-electron chi connectivity index (χ3n) is 10.6. The van der Waals surface area contributed by atoms with Gasteiger partial charge >= 0.3 is 6.09 Å². The quantitative estimate of drug-likeness (QED) is 0.253. The van der Waals surface area contributed by atoms with Crippen LogP contribution in [-0.4, -0.2) is 66.0 Å². The number of carbonyl (C=O) groups is 2. The van der Waals surface area contributed by atoms with Crippen LogP contribution in [0.4, 0.5) is 10.6 Å². The lowest BCUT2D eigenvalue weighted by atomic mass is 9.79. The van der Waals surface area contributed by atoms with E-state index in [0.717, 1.165) is 79.2 Å². The van der Waals surface area contributed by atoms with Crippen LogP contribution in [-0.2, 0) is 14.3 Å². The third-order valence-corrected chi connectivity index (χ3v) is 10.6. The maximum Gasteiger partial charge on any atom is 0.407 e. The summed E-state index contributed by atoms with van der Waals surface area (Å²) in [6, 6.07) is 8.03. The number of alkyl carbamates (subject to hydrolysis) is 1. The first-order valence-electron chi connectivity index (χ1n) is 17.7. The number of nitrogens with zero attached hydrogens (tertiary/aromatic N) is 4. The largest absolute Gasteiger partial charge is 0.495 e. The smallest absolute Gasteiger partial charge is 0.407 e. The number of ether oxygens (including phenoxy) is 3. The minimum absolute atomic E-state index is 0.0106. The summed E-state index contributed by atoms with van der Waals surface area (Å²) in [7, 11) is 1.68. The van der Waals surface area contributed by atoms with Crippen LogP contribution in [0.25, 0.3) is 11.3 Å². The van der Waals surface area contributed by atoms with E-state index in [2.05, 4.69) is 11.4 Å². The molecule has 48 heavy (non-hydrogen) atoms. The predicted octanol–water partition coefficient (Wildman–Crippen LogP) is 6.71. The number of nitrogens with one attached hydrogen (secondary N) is 1. The van der Waals surface area contributed by atoms with E-state index >= 15 is 0 Å². The SMILES string of the molecule is COc1ccc(C2CCC(CN(C(=O)C3CCC(OC(=O)NC4CCOC4)CC3)c3cc(-c4coc(C5CC5)n4)ccn3)CC2)nc1C. The number of aryl methyl sites for hydroxylation is 1. The molecule has 0 aromatic carbocycles. The molecule has 0 bridgehead atoms. The lowest BCUT2D eigenvalue weighted by Crippen LogP contribution is -2.43. The van der Waals surface area contributed by atoms with Gasteiger partial charge in [-0.2, -0.15) is 0 Å². The van der Waals surface area contributed by atoms with Crippen molar-refractivity contribution in [3.05, 3.63) is 54.0 Å². The van der Waals surface area contributed by atoms with Crippen LogP contribution in [0.2, 0.25) is 0 Å². The highest BCUT2D eigenvalue weighted by molar-refractivity contribution is 5.94. The van der Waals surface area contributed by atoms with E-state index in [-0.39, 0.29) is 24.0 Å². The van der Waals surface area contributed by atoms with Crippen molar-refractivity contribution in [3.63, 3.8) is 0 Å². The Morgan fingerprint density at radius 3 is 2.46 bits per heavy atom. The Bertz CT molecular complexity index is 1570. The molecule has 3 aromatic heterocycles. The van der Waals surface area contributed by atoms with Gasteiger partial charge in [-0.1, -0.05) is 0 Å². The normalized spacial score (nSPS) is 25.8. The molecule has 4 heterocycles. The molecule has 3 aliphatic carbocycles. The molecule has 11 nitrogen and oxygen atoms in total. The van der Waals surface area contributed by atoms with Crippen LogP contribution in [0.5, 0.6) is 5.75 Å². The maximum absolute atomic E-state index is 14.4. The van der Waals surface area contributed by atoms with Crippen LogP contribution in [0.3, 0.4) is 0 Å². The lowest BCUT2D eigenvalue weighted by molar-refractivity contribution is -0.124. The van der Waals surface area contributed by atoms with Crippen LogP contribution in [0.15, 0.2) is 41.1 Å². The standard InChI is InChI=1S/C37H47N5O6/c1-23-33(45-2)14-13-31(39-23)25-5-3-24(4-6-25)20-42(34-19-28(15-17-38-34)32-22-47-35(41-32)26-7-8-26)36(43)27-9-11-30(12-10-27)48-37(44)40-29-16-18-46-21-29/h13-15,17,19,22,24-27,29-30H,3-12,16,18,20-21H2,1-2H3,(H,40,44). The number of anilines is 1. The Morgan fingerprint density at radius 1 is 0.958 bits per heavy atom. The monoisotopic (exact) mass is 657 g/mol. The van der Waals surface area contributed by atoms with Crippen molar-refractivity contribution in [1.29, 1.82) is 0 Å². The van der Waals surface area contributed by atoms with Crippen molar-refractivity contribution in [1.82, 2.24) is 20.3 Å². The van der Waals surface area contributed by atoms with Gasteiger partial charge in [0.05, 0.1) is 25.5 Å². The Hall–Kier alpha value is -3.99. The third kappa shape index (κ3) is 7.66. The second kappa shape index (κ2) is 14.6. The highest BCUT2D eigenvalue weighted by atomic mass is 16.6. The van der Waals surface area contributed by atoms with Crippen LogP contribution >= 0.6 is 0 Å². The van der Waals surface area contributed by atoms with Crippen molar-refractivity contribution in [3.8, 4) is 17.0 Å². The first-order valence-corrected chi connectivity index (χ1v) is 17.7. The van der Waals surface area contributed by atoms with Crippen LogP contribution in [0, 0.1) is 18.8 Å². The van der Waals surface area contributed by atoms with Gasteiger partial charge in [0, 0.05) is 48.4 Å². The second-order valence-electron chi connectivity index (χ2n) is 14.0. The molecule has 2 amide bonds. The van der Waals surface area contributed by atoms with Gasteiger partial charge in [0.25, 0.3) is 0 Å². The van der Waals surface area contributed by atoms with E-state index in [0.29, 0.717) is 69.0 Å². The first-order chi connectivity index (χ1) is 23.4. The summed E-state index contributed by atoms with van der Waals surface area (Å²) >= 11 is 0. The summed E-state index contributed by atoms with van der Waals surface area (Å²) in [6.45, 7) is 3.79. The number of hydrogen-bond acceptors (Lipinski definition) is 9. The minimum atomic E-state index is -0.392. The zero-order valence-corrected chi connectivity index (χ0v) is 28.1. The van der Waals surface area contributed by atoms with Gasteiger partial charge in [-0.05, 0) is 108 Å². The second-order valence-corrected chi connectivity index (χ2v) is 14.0. The Morgan fingerprint density at radius 2 is 1.75 bits per heavy atom. The van der Waals surface area contributed by atoms with E-state index in [9.17, 15) is 9.59 Å². The average molecular weight is 658 g/mol. The van der Waals surface area contributed by atoms with Crippen molar-refractivity contribution >= 4 is 17.8 Å². The molecule has 1 N–H and O–H groups in total. The lowest BCUT2D eigenvalue weighted by Gasteiger charge is -2.35. The summed E-state index contributed by atoms with van der Waals surface area (Å²) in [5.41, 5.74) is 3.71. The van der Waals surface area contributed by atoms with Gasteiger partial charge in [-0.15, -0.1) is 0 Å². The average Bonchev–Trinajstić information content (AvgIpc) is 3.60. The van der Waals surface area contributed by atoms with Gasteiger partial charge in [0.15, 0.2) is 5.89 Å². The van der Waals surface area contributed by atoms with Gasteiger partial charge in [0.2, 0.25) is 5.91 Å². The van der Waals surface area contributed by atoms with Gasteiger partial charge in [-0.3, -0.25) is 14.7 Å². The molecule has 1 atom stereocenters. The van der Waals surface area contributed by atoms with Crippen LogP contribution in [0.1, 0.15) is 99.7 Å². The fourth-order valence-corrected chi connectivity index (χ4v) is 7.52. The molecule has 7 rings (SSSR count). The summed E-state index contributed by atoms with van der Waals surface area (Å²) in [6.07, 6.45) is 12.7. The fraction of sp³-hybridized carbons (Fsp3) is 0.595. The molecule has 4 aliphatic rings. The molecule has 3 saturated carbocycles. The van der Waals surface area contributed by atoms with Crippen molar-refractivity contribution in [2.45, 2.75) is 102 Å². The summed E-state index contributed by atoms with van der Waals surface area (Å²) in [4.78, 5) is 43.1. The fourth-order valence-electron chi connectivity index (χ4n) is 7.52. The Labute approximate surface area is 282 Å². The summed E-state index contributed by atoms with van der Waals surface area (Å²) < 4.78 is 22.3. The van der Waals surface area contributed by atoms with Crippen molar-refractivity contribution < 1.29 is 28.2 Å². The molecule has 3 aromatic rings. The number of amides is 2. The topological polar surface area (TPSA) is 129 Å². The number of oxazole rings is 1. The molecular weight excluding hydrogens is 610 g/mol. The van der Waals surface area contributed by atoms with Gasteiger partial charge < -0.3 is 23.9 Å². The first kappa shape index (κ1) is 32.6. The molecule has 1 saturated heterocycles. The highest BCUT2D eigenvalue weighted by Gasteiger charge is 2.35. The molecule has 0 radical (unpaired) electrons. The number of aromatic nitrogens is 3. The number of rotatable bonds is 10. The minimum Gasteiger partial charge on any atom is -0.495 e. The predicted molar refractivity (Wildman–Crippen MR) is 179 cm³/mol. The number of methoxy groups -OCH3 is 1. The number of pyridine rings is 2. The van der Waals surface area contributed by atoms with Gasteiger partial charge in [-0.25, -0.2) is 14.8 Å². The van der Waals surface area contributed by atoms with Crippen molar-refractivity contribution in [2.24, 2.45) is 11.8 Å². The number of hydrogen-bond donors (Lipinski definition) is 1. The molecular formula is C37H47N5O6. The highest BCUT2D eigenvalue weighted by Crippen LogP contribution is 2.41. The molecule has 1 aliphatic heterocycles. The van der Waals surface area contributed by atoms with Gasteiger partial charge in [0.1, 0.15) is 29.6 Å². The Kier molecular flexibility index (Phi) is 9.93. The van der Waals surface area contributed by atoms with E-state index < -0.39 is 6.09 Å². The molecule has 256 valence electrons. The summed E-state index contributed by atoms with van der Waals surface area (Å²) in [5, 5.41) is 2.91. The van der Waals surface area contributed by atoms with E-state index in [4.69, 9.17) is 33.6 Å². The zero-order valence-electron chi connectivity index (χ0n) is 28.1. The maximum atomic E-state index is 14.4. The van der Waals surface area contributed by atoms with Crippen molar-refractivity contribution in [2.75, 3.05) is 31.8 Å². The molecule has 0 spiro atoms. The van der Waals surface area contributed by atoms with E-state index in [1.165, 1.54) is 0 Å². The summed E-state index contributed by atoms with van der Waals surface area (Å²) in [5.74, 6) is 3.38. The molecule has 1 unspecified atom stereocenters. The van der Waals surface area contributed by atoms with Crippen LogP contribution < -0.4 is 15.0 Å².